The van der Waals surface area contributed by atoms with Gasteiger partial charge in [0.05, 0.1) is 12.6 Å². The van der Waals surface area contributed by atoms with Gasteiger partial charge in [0.25, 0.3) is 0 Å². The largest absolute Gasteiger partial charge is 0.393 e. The summed E-state index contributed by atoms with van der Waals surface area (Å²) in [7, 11) is 0. The molecule has 0 bridgehead atoms. The van der Waals surface area contributed by atoms with Gasteiger partial charge in [-0.25, -0.2) is 0 Å². The van der Waals surface area contributed by atoms with Gasteiger partial charge >= 0.3 is 0 Å². The molecule has 5 aliphatic rings. The van der Waals surface area contributed by atoms with Crippen LogP contribution in [-0.4, -0.2) is 58.0 Å². The lowest BCUT2D eigenvalue weighted by atomic mass is 9.46. The van der Waals surface area contributed by atoms with E-state index < -0.39 is 29.8 Å². The normalized spacial score (nSPS) is 47.5. The van der Waals surface area contributed by atoms with E-state index in [9.17, 15) is 19.8 Å². The summed E-state index contributed by atoms with van der Waals surface area (Å²) in [6.07, 6.45) is 8.83. The first-order valence-corrected chi connectivity index (χ1v) is 12.1. The second kappa shape index (κ2) is 7.57. The average molecular weight is 446 g/mol. The number of Topliss-reactive ketones (excluding diaryl/α,β-unsaturated/α-hetero) is 1. The van der Waals surface area contributed by atoms with Gasteiger partial charge in [-0.1, -0.05) is 44.1 Å². The van der Waals surface area contributed by atoms with E-state index in [1.807, 2.05) is 13.0 Å². The van der Waals surface area contributed by atoms with Crippen molar-refractivity contribution in [2.45, 2.75) is 77.1 Å². The smallest absolute Gasteiger partial charge is 0.195 e. The monoisotopic (exact) mass is 445 g/mol. The number of hydrogen-bond donors (Lipinski definition) is 2. The SMILES string of the molecule is CCCCN1OC2CC3C4CCC5=CC(=O)C=C[C@]5(C)C4C(O)C[C@]3(C)C2(C(=O)CO)O1. The first-order valence-electron chi connectivity index (χ1n) is 12.1. The van der Waals surface area contributed by atoms with Gasteiger partial charge in [-0.2, -0.15) is 0 Å². The number of aliphatic hydroxyl groups is 2. The van der Waals surface area contributed by atoms with Crippen molar-refractivity contribution in [1.29, 1.82) is 0 Å². The molecule has 0 aromatic heterocycles. The number of fused-ring (bicyclic) bond motifs is 7. The fourth-order valence-corrected chi connectivity index (χ4v) is 7.96. The molecule has 0 spiro atoms. The molecule has 1 heterocycles. The van der Waals surface area contributed by atoms with E-state index in [1.54, 1.807) is 12.2 Å². The molecule has 0 amide bonds. The van der Waals surface area contributed by atoms with Crippen LogP contribution in [0, 0.1) is 28.6 Å². The molecule has 3 saturated carbocycles. The number of aliphatic hydroxyl groups excluding tert-OH is 2. The Morgan fingerprint density at radius 2 is 2.12 bits per heavy atom. The van der Waals surface area contributed by atoms with E-state index in [2.05, 4.69) is 13.8 Å². The van der Waals surface area contributed by atoms with Crippen molar-refractivity contribution >= 4 is 11.6 Å². The predicted molar refractivity (Wildman–Crippen MR) is 116 cm³/mol. The number of allylic oxidation sites excluding steroid dienone is 4. The van der Waals surface area contributed by atoms with Crippen LogP contribution >= 0.6 is 0 Å². The highest BCUT2D eigenvalue weighted by Gasteiger charge is 2.76. The minimum atomic E-state index is -1.28. The molecular weight excluding hydrogens is 410 g/mol. The molecule has 4 fully saturated rings. The Morgan fingerprint density at radius 1 is 1.34 bits per heavy atom. The Morgan fingerprint density at radius 3 is 2.84 bits per heavy atom. The molecule has 176 valence electrons. The number of carbonyl (C=O) groups is 2. The van der Waals surface area contributed by atoms with Gasteiger partial charge in [-0.3, -0.25) is 19.3 Å². The summed E-state index contributed by atoms with van der Waals surface area (Å²) < 4.78 is 0. The lowest BCUT2D eigenvalue weighted by Crippen LogP contribution is -2.63. The third-order valence-electron chi connectivity index (χ3n) is 9.40. The van der Waals surface area contributed by atoms with Crippen LogP contribution in [0.4, 0.5) is 0 Å². The zero-order valence-electron chi connectivity index (χ0n) is 19.3. The maximum atomic E-state index is 13.3. The highest BCUT2D eigenvalue weighted by atomic mass is 17.0. The summed E-state index contributed by atoms with van der Waals surface area (Å²) in [5.41, 5.74) is -1.18. The summed E-state index contributed by atoms with van der Waals surface area (Å²) in [6, 6.07) is 0. The van der Waals surface area contributed by atoms with Gasteiger partial charge in [-0.15, -0.1) is 0 Å². The third kappa shape index (κ3) is 2.78. The van der Waals surface area contributed by atoms with Crippen molar-refractivity contribution in [2.24, 2.45) is 28.6 Å². The molecular formula is C25H35NO6. The van der Waals surface area contributed by atoms with Crippen LogP contribution in [0.15, 0.2) is 23.8 Å². The lowest BCUT2D eigenvalue weighted by Gasteiger charge is -2.59. The Hall–Kier alpha value is -1.38. The van der Waals surface area contributed by atoms with Crippen LogP contribution in [0.3, 0.4) is 0 Å². The van der Waals surface area contributed by atoms with Gasteiger partial charge in [0.15, 0.2) is 17.2 Å². The van der Waals surface area contributed by atoms with Crippen molar-refractivity contribution in [3.8, 4) is 0 Å². The van der Waals surface area contributed by atoms with Crippen LogP contribution < -0.4 is 0 Å². The van der Waals surface area contributed by atoms with Crippen LogP contribution in [0.5, 0.6) is 0 Å². The van der Waals surface area contributed by atoms with Crippen molar-refractivity contribution in [1.82, 2.24) is 5.23 Å². The molecule has 8 atom stereocenters. The number of carbonyl (C=O) groups excluding carboxylic acids is 2. The van der Waals surface area contributed by atoms with Crippen molar-refractivity contribution in [3.63, 3.8) is 0 Å². The summed E-state index contributed by atoms with van der Waals surface area (Å²) in [5.74, 6) is -0.0739. The van der Waals surface area contributed by atoms with Gasteiger partial charge < -0.3 is 10.2 Å². The highest BCUT2D eigenvalue weighted by molar-refractivity contribution is 6.01. The zero-order chi connectivity index (χ0) is 22.9. The first kappa shape index (κ1) is 22.4. The third-order valence-corrected chi connectivity index (χ3v) is 9.40. The summed E-state index contributed by atoms with van der Waals surface area (Å²) >= 11 is 0. The Kier molecular flexibility index (Phi) is 5.30. The standard InChI is InChI=1S/C25H35NO6/c1-4-5-10-26-31-21-12-18-17-7-6-15-11-16(28)8-9-23(15,2)22(17)19(29)13-24(18,3)25(21,32-26)20(30)14-27/h8-9,11,17-19,21-22,27,29H,4-7,10,12-14H2,1-3H3/t17?,18?,19?,21?,22?,23-,24-,25?/m0/s1. The van der Waals surface area contributed by atoms with Gasteiger partial charge in [0.1, 0.15) is 12.7 Å². The molecule has 32 heavy (non-hydrogen) atoms. The number of nitrogens with zero attached hydrogens (tertiary/aromatic N) is 1. The first-order chi connectivity index (χ1) is 15.2. The van der Waals surface area contributed by atoms with E-state index in [4.69, 9.17) is 9.68 Å². The molecule has 4 aliphatic carbocycles. The van der Waals surface area contributed by atoms with Crippen molar-refractivity contribution in [2.75, 3.05) is 13.2 Å². The zero-order valence-corrected chi connectivity index (χ0v) is 19.3. The lowest BCUT2D eigenvalue weighted by molar-refractivity contribution is -0.343. The molecule has 6 unspecified atom stereocenters. The van der Waals surface area contributed by atoms with Crippen LogP contribution in [-0.2, 0) is 19.3 Å². The van der Waals surface area contributed by atoms with E-state index >= 15 is 0 Å². The Balaban J connectivity index is 1.53. The molecule has 2 N–H and O–H groups in total. The summed E-state index contributed by atoms with van der Waals surface area (Å²) in [6.45, 7) is 6.22. The second-order valence-electron chi connectivity index (χ2n) is 10.9. The van der Waals surface area contributed by atoms with Gasteiger partial charge in [-0.05, 0) is 56.1 Å². The molecule has 0 aromatic rings. The van der Waals surface area contributed by atoms with E-state index in [1.165, 1.54) is 5.23 Å². The maximum absolute atomic E-state index is 13.3. The number of hydrogen-bond acceptors (Lipinski definition) is 7. The summed E-state index contributed by atoms with van der Waals surface area (Å²) in [4.78, 5) is 37.7. The molecule has 1 saturated heterocycles. The quantitative estimate of drug-likeness (QED) is 0.671. The van der Waals surface area contributed by atoms with Crippen molar-refractivity contribution < 1.29 is 29.5 Å². The van der Waals surface area contributed by atoms with Crippen LogP contribution in [0.25, 0.3) is 0 Å². The fourth-order valence-electron chi connectivity index (χ4n) is 7.96. The topological polar surface area (TPSA) is 96.3 Å². The minimum Gasteiger partial charge on any atom is -0.393 e. The number of unbranched alkanes of at least 4 members (excludes halogenated alkanes) is 1. The number of ketones is 2. The van der Waals surface area contributed by atoms with Crippen LogP contribution in [0.2, 0.25) is 0 Å². The van der Waals surface area contributed by atoms with Gasteiger partial charge in [0.2, 0.25) is 0 Å². The van der Waals surface area contributed by atoms with E-state index in [0.717, 1.165) is 31.3 Å². The summed E-state index contributed by atoms with van der Waals surface area (Å²) in [5, 5.41) is 22.9. The average Bonchev–Trinajstić information content (AvgIpc) is 3.24. The highest BCUT2D eigenvalue weighted by Crippen LogP contribution is 2.69. The molecule has 1 aliphatic heterocycles. The van der Waals surface area contributed by atoms with E-state index in [-0.39, 0.29) is 34.7 Å². The second-order valence-corrected chi connectivity index (χ2v) is 10.9. The fraction of sp³-hybridized carbons (Fsp3) is 0.760. The van der Waals surface area contributed by atoms with Gasteiger partial charge in [0, 0.05) is 16.7 Å². The molecule has 0 aromatic carbocycles. The van der Waals surface area contributed by atoms with Crippen molar-refractivity contribution in [3.05, 3.63) is 23.8 Å². The van der Waals surface area contributed by atoms with Crippen LogP contribution in [0.1, 0.15) is 59.3 Å². The maximum Gasteiger partial charge on any atom is 0.195 e. The van der Waals surface area contributed by atoms with E-state index in [0.29, 0.717) is 19.4 Å². The number of hydroxylamine groups is 2. The molecule has 7 heteroatoms. The Labute approximate surface area is 189 Å². The molecule has 5 rings (SSSR count). The number of rotatable bonds is 5. The molecule has 7 nitrogen and oxygen atoms in total. The Bertz CT molecular complexity index is 884. The molecule has 0 radical (unpaired) electrons. The minimum absolute atomic E-state index is 0.0166. The predicted octanol–water partition coefficient (Wildman–Crippen LogP) is 2.52.